The van der Waals surface area contributed by atoms with E-state index in [2.05, 4.69) is 5.32 Å². The molecule has 0 bridgehead atoms. The van der Waals surface area contributed by atoms with E-state index in [0.717, 1.165) is 12.8 Å². The van der Waals surface area contributed by atoms with Crippen molar-refractivity contribution in [3.8, 4) is 5.75 Å². The summed E-state index contributed by atoms with van der Waals surface area (Å²) in [5, 5.41) is 12.1. The largest absolute Gasteiger partial charge is 0.495 e. The third kappa shape index (κ3) is 4.64. The van der Waals surface area contributed by atoms with Gasteiger partial charge in [0.25, 0.3) is 0 Å². The van der Waals surface area contributed by atoms with E-state index in [9.17, 15) is 19.5 Å². The molecule has 7 nitrogen and oxygen atoms in total. The number of aliphatic carboxylic acids is 1. The molecule has 1 aliphatic carbocycles. The highest BCUT2D eigenvalue weighted by Gasteiger charge is 2.35. The van der Waals surface area contributed by atoms with Gasteiger partial charge in [-0.2, -0.15) is 0 Å². The standard InChI is InChI=1S/C21H28N2O5/c1-28-18-8-3-2-7-17(18)22-19(24)14-9-11-23(12-10-14)20(25)15-5-4-6-16(13-15)21(26)27/h2-3,7-8,14-16H,4-6,9-13H2,1H3,(H,22,24)(H,26,27). The molecule has 2 aliphatic rings. The molecule has 1 aliphatic heterocycles. The van der Waals surface area contributed by atoms with Crippen LogP contribution in [0.25, 0.3) is 0 Å². The van der Waals surface area contributed by atoms with Crippen molar-refractivity contribution in [3.05, 3.63) is 24.3 Å². The molecule has 2 atom stereocenters. The Hall–Kier alpha value is -2.57. The molecule has 2 unspecified atom stereocenters. The molecule has 28 heavy (non-hydrogen) atoms. The molecule has 2 amide bonds. The van der Waals surface area contributed by atoms with Crippen LogP contribution in [0.4, 0.5) is 5.69 Å². The van der Waals surface area contributed by atoms with Crippen LogP contribution in [0.15, 0.2) is 24.3 Å². The third-order valence-electron chi connectivity index (χ3n) is 5.91. The summed E-state index contributed by atoms with van der Waals surface area (Å²) in [6.45, 7) is 1.08. The summed E-state index contributed by atoms with van der Waals surface area (Å²) in [6.07, 6.45) is 3.86. The van der Waals surface area contributed by atoms with Gasteiger partial charge in [-0.25, -0.2) is 0 Å². The molecule has 3 rings (SSSR count). The predicted octanol–water partition coefficient (Wildman–Crippen LogP) is 2.76. The first kappa shape index (κ1) is 20.2. The highest BCUT2D eigenvalue weighted by Crippen LogP contribution is 2.32. The second-order valence-electron chi connectivity index (χ2n) is 7.69. The molecule has 0 aromatic heterocycles. The van der Waals surface area contributed by atoms with Crippen molar-refractivity contribution in [2.24, 2.45) is 17.8 Å². The molecule has 1 saturated heterocycles. The normalized spacial score (nSPS) is 23.1. The summed E-state index contributed by atoms with van der Waals surface area (Å²) in [5.41, 5.74) is 0.649. The maximum Gasteiger partial charge on any atom is 0.306 e. The van der Waals surface area contributed by atoms with E-state index < -0.39 is 11.9 Å². The Bertz CT molecular complexity index is 727. The van der Waals surface area contributed by atoms with Gasteiger partial charge in [0.15, 0.2) is 0 Å². The summed E-state index contributed by atoms with van der Waals surface area (Å²) in [7, 11) is 1.56. The van der Waals surface area contributed by atoms with Gasteiger partial charge in [0.1, 0.15) is 5.75 Å². The van der Waals surface area contributed by atoms with E-state index in [1.807, 2.05) is 17.0 Å². The van der Waals surface area contributed by atoms with Gasteiger partial charge in [0.05, 0.1) is 18.7 Å². The van der Waals surface area contributed by atoms with Gasteiger partial charge in [0, 0.05) is 24.9 Å². The number of methoxy groups -OCH3 is 1. The highest BCUT2D eigenvalue weighted by atomic mass is 16.5. The van der Waals surface area contributed by atoms with Crippen molar-refractivity contribution in [2.75, 3.05) is 25.5 Å². The number of hydrogen-bond donors (Lipinski definition) is 2. The first-order valence-electron chi connectivity index (χ1n) is 9.95. The second kappa shape index (κ2) is 9.08. The minimum atomic E-state index is -0.802. The van der Waals surface area contributed by atoms with Gasteiger partial charge in [-0.1, -0.05) is 18.6 Å². The number of anilines is 1. The molecule has 0 spiro atoms. The number of carbonyl (C=O) groups excluding carboxylic acids is 2. The van der Waals surface area contributed by atoms with Crippen LogP contribution in [-0.2, 0) is 14.4 Å². The number of nitrogens with zero attached hydrogens (tertiary/aromatic N) is 1. The number of carbonyl (C=O) groups is 3. The molecule has 2 fully saturated rings. The number of amides is 2. The Labute approximate surface area is 165 Å². The van der Waals surface area contributed by atoms with Crippen molar-refractivity contribution in [1.29, 1.82) is 0 Å². The van der Waals surface area contributed by atoms with Crippen molar-refractivity contribution in [2.45, 2.75) is 38.5 Å². The van der Waals surface area contributed by atoms with Crippen LogP contribution >= 0.6 is 0 Å². The summed E-state index contributed by atoms with van der Waals surface area (Å²) in [4.78, 5) is 38.4. The zero-order chi connectivity index (χ0) is 20.1. The van der Waals surface area contributed by atoms with Crippen LogP contribution < -0.4 is 10.1 Å². The Morgan fingerprint density at radius 3 is 2.39 bits per heavy atom. The van der Waals surface area contributed by atoms with E-state index >= 15 is 0 Å². The highest BCUT2D eigenvalue weighted by molar-refractivity contribution is 5.94. The Morgan fingerprint density at radius 1 is 1.04 bits per heavy atom. The van der Waals surface area contributed by atoms with Crippen LogP contribution in [0.1, 0.15) is 38.5 Å². The molecular weight excluding hydrogens is 360 g/mol. The number of piperidine rings is 1. The number of nitrogens with one attached hydrogen (secondary N) is 1. The van der Waals surface area contributed by atoms with Gasteiger partial charge in [0.2, 0.25) is 11.8 Å². The molecule has 1 aromatic rings. The Kier molecular flexibility index (Phi) is 6.54. The number of para-hydroxylation sites is 2. The Morgan fingerprint density at radius 2 is 1.71 bits per heavy atom. The lowest BCUT2D eigenvalue weighted by atomic mass is 9.80. The maximum absolute atomic E-state index is 12.8. The third-order valence-corrected chi connectivity index (χ3v) is 5.91. The van der Waals surface area contributed by atoms with Gasteiger partial charge in [-0.15, -0.1) is 0 Å². The van der Waals surface area contributed by atoms with E-state index in [1.165, 1.54) is 0 Å². The fourth-order valence-corrected chi connectivity index (χ4v) is 4.24. The molecule has 0 radical (unpaired) electrons. The molecule has 2 N–H and O–H groups in total. The SMILES string of the molecule is COc1ccccc1NC(=O)C1CCN(C(=O)C2CCCC(C(=O)O)C2)CC1. The Balaban J connectivity index is 1.52. The van der Waals surface area contributed by atoms with E-state index in [0.29, 0.717) is 50.2 Å². The average molecular weight is 388 g/mol. The van der Waals surface area contributed by atoms with Crippen LogP contribution in [0, 0.1) is 17.8 Å². The number of hydrogen-bond acceptors (Lipinski definition) is 4. The zero-order valence-electron chi connectivity index (χ0n) is 16.2. The maximum atomic E-state index is 12.8. The van der Waals surface area contributed by atoms with E-state index in [4.69, 9.17) is 4.74 Å². The topological polar surface area (TPSA) is 95.9 Å². The van der Waals surface area contributed by atoms with Crippen LogP contribution in [0.2, 0.25) is 0 Å². The smallest absolute Gasteiger partial charge is 0.306 e. The van der Waals surface area contributed by atoms with Gasteiger partial charge < -0.3 is 20.1 Å². The summed E-state index contributed by atoms with van der Waals surface area (Å²) < 4.78 is 5.27. The lowest BCUT2D eigenvalue weighted by Gasteiger charge is -2.35. The minimum Gasteiger partial charge on any atom is -0.495 e. The lowest BCUT2D eigenvalue weighted by molar-refractivity contribution is -0.146. The summed E-state index contributed by atoms with van der Waals surface area (Å²) in [6, 6.07) is 7.29. The van der Waals surface area contributed by atoms with Crippen LogP contribution in [0.3, 0.4) is 0 Å². The molecule has 152 valence electrons. The first-order chi connectivity index (χ1) is 13.5. The van der Waals surface area contributed by atoms with Crippen LogP contribution in [-0.4, -0.2) is 48.0 Å². The molecule has 1 heterocycles. The summed E-state index contributed by atoms with van der Waals surface area (Å²) >= 11 is 0. The number of rotatable bonds is 5. The number of carboxylic acids is 1. The monoisotopic (exact) mass is 388 g/mol. The van der Waals surface area contributed by atoms with Gasteiger partial charge in [-0.3, -0.25) is 14.4 Å². The van der Waals surface area contributed by atoms with Crippen molar-refractivity contribution < 1.29 is 24.2 Å². The van der Waals surface area contributed by atoms with Crippen molar-refractivity contribution in [1.82, 2.24) is 4.90 Å². The molecule has 1 saturated carbocycles. The number of ether oxygens (including phenoxy) is 1. The fraction of sp³-hybridized carbons (Fsp3) is 0.571. The summed E-state index contributed by atoms with van der Waals surface area (Å²) in [5.74, 6) is -0.944. The van der Waals surface area contributed by atoms with Gasteiger partial charge in [-0.05, 0) is 44.2 Å². The predicted molar refractivity (Wildman–Crippen MR) is 104 cm³/mol. The molecule has 1 aromatic carbocycles. The van der Waals surface area contributed by atoms with E-state index in [-0.39, 0.29) is 23.7 Å². The fourth-order valence-electron chi connectivity index (χ4n) is 4.24. The van der Waals surface area contributed by atoms with E-state index in [1.54, 1.807) is 19.2 Å². The van der Waals surface area contributed by atoms with Crippen molar-refractivity contribution in [3.63, 3.8) is 0 Å². The minimum absolute atomic E-state index is 0.0505. The molecular formula is C21H28N2O5. The number of likely N-dealkylation sites (tertiary alicyclic amines) is 1. The average Bonchev–Trinajstić information content (AvgIpc) is 2.73. The quantitative estimate of drug-likeness (QED) is 0.809. The number of carboxylic acid groups (broad SMARTS) is 1. The first-order valence-corrected chi connectivity index (χ1v) is 9.95. The van der Waals surface area contributed by atoms with Crippen molar-refractivity contribution >= 4 is 23.5 Å². The van der Waals surface area contributed by atoms with Crippen LogP contribution in [0.5, 0.6) is 5.75 Å². The number of benzene rings is 1. The zero-order valence-corrected chi connectivity index (χ0v) is 16.2. The second-order valence-corrected chi connectivity index (χ2v) is 7.69. The lowest BCUT2D eigenvalue weighted by Crippen LogP contribution is -2.45. The van der Waals surface area contributed by atoms with Gasteiger partial charge >= 0.3 is 5.97 Å². The molecule has 7 heteroatoms.